The number of fused-ring (bicyclic) bond motifs is 1. The van der Waals surface area contributed by atoms with Crippen molar-refractivity contribution in [1.29, 1.82) is 0 Å². The summed E-state index contributed by atoms with van der Waals surface area (Å²) in [6.45, 7) is 10.3. The number of hydrogen-bond acceptors (Lipinski definition) is 3. The zero-order chi connectivity index (χ0) is 25.6. The second-order valence-corrected chi connectivity index (χ2v) is 10.4. The van der Waals surface area contributed by atoms with Gasteiger partial charge in [-0.3, -0.25) is 4.79 Å². The molecule has 0 bridgehead atoms. The van der Waals surface area contributed by atoms with Crippen LogP contribution in [0, 0.1) is 32.0 Å². The van der Waals surface area contributed by atoms with E-state index in [1.165, 1.54) is 23.3 Å². The summed E-state index contributed by atoms with van der Waals surface area (Å²) in [6.07, 6.45) is 3.27. The zero-order valence-corrected chi connectivity index (χ0v) is 21.4. The number of nitrogens with one attached hydrogen (secondary N) is 1. The Balaban J connectivity index is 1.47. The van der Waals surface area contributed by atoms with E-state index in [1.54, 1.807) is 23.0 Å². The van der Waals surface area contributed by atoms with E-state index in [-0.39, 0.29) is 29.3 Å². The minimum atomic E-state index is -0.361. The molecule has 5 nitrogen and oxygen atoms in total. The average Bonchev–Trinajstić information content (AvgIpc) is 3.47. The fourth-order valence-corrected chi connectivity index (χ4v) is 4.61. The Bertz CT molecular complexity index is 1440. The molecule has 36 heavy (non-hydrogen) atoms. The molecule has 2 atom stereocenters. The van der Waals surface area contributed by atoms with E-state index in [9.17, 15) is 9.18 Å². The third kappa shape index (κ3) is 4.60. The Morgan fingerprint density at radius 2 is 1.72 bits per heavy atom. The molecule has 1 aliphatic carbocycles. The second kappa shape index (κ2) is 9.08. The topological polar surface area (TPSA) is 56.1 Å². The molecule has 0 spiro atoms. The van der Waals surface area contributed by atoms with Crippen LogP contribution in [-0.2, 0) is 4.79 Å². The largest absolute Gasteiger partial charge is 0.484 e. The lowest BCUT2D eigenvalue weighted by Gasteiger charge is -2.29. The van der Waals surface area contributed by atoms with Gasteiger partial charge < -0.3 is 10.1 Å². The van der Waals surface area contributed by atoms with Crippen LogP contribution in [0.4, 0.5) is 4.39 Å². The van der Waals surface area contributed by atoms with Crippen LogP contribution in [0.5, 0.6) is 5.75 Å². The van der Waals surface area contributed by atoms with E-state index in [1.807, 2.05) is 32.0 Å². The van der Waals surface area contributed by atoms with E-state index < -0.39 is 0 Å². The summed E-state index contributed by atoms with van der Waals surface area (Å²) in [6, 6.07) is 16.2. The molecule has 6 heteroatoms. The lowest BCUT2D eigenvalue weighted by Crippen LogP contribution is -2.42. The SMILES string of the molecule is Cc1cc(C)c([C@@H](Oc2ccc3c(cnn3-c3ccc(F)cc3)c2)[C@H](C)NC(=O)C2(C)CC2)cc1C. The maximum Gasteiger partial charge on any atom is 0.226 e. The van der Waals surface area contributed by atoms with Crippen LogP contribution in [0.1, 0.15) is 55.0 Å². The molecule has 1 N–H and O–H groups in total. The summed E-state index contributed by atoms with van der Waals surface area (Å²) >= 11 is 0. The highest BCUT2D eigenvalue weighted by Gasteiger charge is 2.45. The summed E-state index contributed by atoms with van der Waals surface area (Å²) in [5.41, 5.74) is 6.04. The summed E-state index contributed by atoms with van der Waals surface area (Å²) in [4.78, 5) is 12.9. The Labute approximate surface area is 211 Å². The van der Waals surface area contributed by atoms with Crippen LogP contribution in [-0.4, -0.2) is 21.7 Å². The molecule has 1 fully saturated rings. The van der Waals surface area contributed by atoms with Gasteiger partial charge in [0.1, 0.15) is 17.7 Å². The summed E-state index contributed by atoms with van der Waals surface area (Å²) in [5, 5.41) is 8.63. The van der Waals surface area contributed by atoms with Crippen molar-refractivity contribution in [2.24, 2.45) is 5.41 Å². The lowest BCUT2D eigenvalue weighted by atomic mass is 9.93. The predicted molar refractivity (Wildman–Crippen MR) is 140 cm³/mol. The molecular weight excluding hydrogens is 453 g/mol. The van der Waals surface area contributed by atoms with Crippen LogP contribution in [0.2, 0.25) is 0 Å². The van der Waals surface area contributed by atoms with Gasteiger partial charge in [-0.15, -0.1) is 0 Å². The first-order valence-corrected chi connectivity index (χ1v) is 12.4. The van der Waals surface area contributed by atoms with Crippen LogP contribution in [0.3, 0.4) is 0 Å². The first-order chi connectivity index (χ1) is 17.1. The van der Waals surface area contributed by atoms with Crippen LogP contribution in [0.25, 0.3) is 16.6 Å². The van der Waals surface area contributed by atoms with Gasteiger partial charge in [0.15, 0.2) is 0 Å². The first-order valence-electron chi connectivity index (χ1n) is 12.4. The number of ether oxygens (including phenoxy) is 1. The van der Waals surface area contributed by atoms with Crippen LogP contribution in [0.15, 0.2) is 60.8 Å². The Morgan fingerprint density at radius 1 is 1.03 bits per heavy atom. The van der Waals surface area contributed by atoms with Crippen LogP contribution >= 0.6 is 0 Å². The van der Waals surface area contributed by atoms with E-state index in [4.69, 9.17) is 4.74 Å². The third-order valence-electron chi connectivity index (χ3n) is 7.42. The van der Waals surface area contributed by atoms with Crippen molar-refractivity contribution in [2.75, 3.05) is 0 Å². The van der Waals surface area contributed by atoms with Crippen LogP contribution < -0.4 is 10.1 Å². The first kappa shape index (κ1) is 24.0. The van der Waals surface area contributed by atoms with Crippen molar-refractivity contribution in [2.45, 2.75) is 59.6 Å². The van der Waals surface area contributed by atoms with Gasteiger partial charge in [-0.25, -0.2) is 9.07 Å². The molecule has 5 rings (SSSR count). The van der Waals surface area contributed by atoms with E-state index in [2.05, 4.69) is 43.3 Å². The highest BCUT2D eigenvalue weighted by molar-refractivity contribution is 5.85. The number of aryl methyl sites for hydroxylation is 3. The van der Waals surface area contributed by atoms with Gasteiger partial charge in [0, 0.05) is 10.8 Å². The molecule has 1 saturated carbocycles. The predicted octanol–water partition coefficient (Wildman–Crippen LogP) is 6.51. The molecule has 1 aliphatic rings. The number of amides is 1. The molecule has 0 radical (unpaired) electrons. The molecule has 4 aromatic rings. The lowest BCUT2D eigenvalue weighted by molar-refractivity contribution is -0.127. The Morgan fingerprint density at radius 3 is 2.42 bits per heavy atom. The second-order valence-electron chi connectivity index (χ2n) is 10.4. The maximum absolute atomic E-state index is 13.4. The number of hydrogen-bond donors (Lipinski definition) is 1. The van der Waals surface area contributed by atoms with Gasteiger partial charge in [-0.2, -0.15) is 5.10 Å². The van der Waals surface area contributed by atoms with E-state index >= 15 is 0 Å². The normalized spacial score (nSPS) is 15.9. The number of halogens is 1. The van der Waals surface area contributed by atoms with E-state index in [0.717, 1.165) is 40.6 Å². The minimum absolute atomic E-state index is 0.0844. The molecule has 1 aromatic heterocycles. The fraction of sp³-hybridized carbons (Fsp3) is 0.333. The summed E-state index contributed by atoms with van der Waals surface area (Å²) in [5.74, 6) is 0.499. The number of carbonyl (C=O) groups is 1. The molecular formula is C30H32FN3O2. The molecule has 0 aliphatic heterocycles. The number of rotatable bonds is 7. The van der Waals surface area contributed by atoms with Gasteiger partial charge in [-0.1, -0.05) is 19.1 Å². The van der Waals surface area contributed by atoms with E-state index in [0.29, 0.717) is 5.75 Å². The fourth-order valence-electron chi connectivity index (χ4n) is 4.61. The number of nitrogens with zero attached hydrogens (tertiary/aromatic N) is 2. The van der Waals surface area contributed by atoms with Crippen molar-refractivity contribution in [3.63, 3.8) is 0 Å². The molecule has 1 amide bonds. The van der Waals surface area contributed by atoms with Gasteiger partial charge in [0.25, 0.3) is 0 Å². The van der Waals surface area contributed by atoms with Gasteiger partial charge in [0.05, 0.1) is 23.4 Å². The van der Waals surface area contributed by atoms with Crippen molar-refractivity contribution in [3.8, 4) is 11.4 Å². The average molecular weight is 486 g/mol. The number of benzene rings is 3. The van der Waals surface area contributed by atoms with Crippen molar-refractivity contribution in [3.05, 3.63) is 88.9 Å². The molecule has 186 valence electrons. The summed E-state index contributed by atoms with van der Waals surface area (Å²) < 4.78 is 21.8. The maximum atomic E-state index is 13.4. The minimum Gasteiger partial charge on any atom is -0.484 e. The van der Waals surface area contributed by atoms with Crippen molar-refractivity contribution < 1.29 is 13.9 Å². The number of carbonyl (C=O) groups excluding carboxylic acids is 1. The van der Waals surface area contributed by atoms with Crippen molar-refractivity contribution >= 4 is 16.8 Å². The Kier molecular flexibility index (Phi) is 6.07. The quantitative estimate of drug-likeness (QED) is 0.324. The Hall–Kier alpha value is -3.67. The molecule has 0 saturated heterocycles. The highest BCUT2D eigenvalue weighted by atomic mass is 19.1. The highest BCUT2D eigenvalue weighted by Crippen LogP contribution is 2.45. The van der Waals surface area contributed by atoms with Crippen molar-refractivity contribution in [1.82, 2.24) is 15.1 Å². The zero-order valence-electron chi connectivity index (χ0n) is 21.4. The third-order valence-corrected chi connectivity index (χ3v) is 7.42. The molecule has 0 unspecified atom stereocenters. The van der Waals surface area contributed by atoms with Gasteiger partial charge in [-0.05, 0) is 105 Å². The summed E-state index contributed by atoms with van der Waals surface area (Å²) in [7, 11) is 0. The molecule has 1 heterocycles. The molecule has 3 aromatic carbocycles. The van der Waals surface area contributed by atoms with Gasteiger partial charge >= 0.3 is 0 Å². The number of aromatic nitrogens is 2. The standard InChI is InChI=1S/C30H32FN3O2/c1-18-14-20(3)26(15-19(18)2)28(21(4)33-29(35)30(5)12-13-30)36-25-10-11-27-22(16-25)17-32-34(27)24-8-6-23(31)7-9-24/h6-11,14-17,21,28H,12-13H2,1-5H3,(H,33,35)/t21-,28-/m0/s1. The van der Waals surface area contributed by atoms with Gasteiger partial charge in [0.2, 0.25) is 5.91 Å². The smallest absolute Gasteiger partial charge is 0.226 e. The monoisotopic (exact) mass is 485 g/mol.